The Morgan fingerprint density at radius 3 is 3.10 bits per heavy atom. The molecule has 0 spiro atoms. The minimum atomic E-state index is -0.305. The molecule has 1 heterocycles. The van der Waals surface area contributed by atoms with E-state index >= 15 is 0 Å². The lowest BCUT2D eigenvalue weighted by Gasteiger charge is -1.87. The molecule has 0 amide bonds. The van der Waals surface area contributed by atoms with Crippen LogP contribution in [0.25, 0.3) is 0 Å². The van der Waals surface area contributed by atoms with Crippen molar-refractivity contribution in [3.8, 4) is 0 Å². The fraction of sp³-hybridized carbons (Fsp3) is 0.571. The second kappa shape index (κ2) is 3.37. The van der Waals surface area contributed by atoms with E-state index in [1.165, 1.54) is 13.2 Å². The van der Waals surface area contributed by atoms with Crippen molar-refractivity contribution in [1.82, 2.24) is 0 Å². The maximum atomic E-state index is 10.5. The Bertz CT molecular complexity index is 147. The highest BCUT2D eigenvalue weighted by Crippen LogP contribution is 2.13. The number of carbonyl (C=O) groups is 1. The van der Waals surface area contributed by atoms with Crippen LogP contribution in [0.15, 0.2) is 12.2 Å². The molecule has 1 aliphatic rings. The van der Waals surface area contributed by atoms with Crippen LogP contribution in [0.2, 0.25) is 0 Å². The van der Waals surface area contributed by atoms with Gasteiger partial charge in [0, 0.05) is 6.08 Å². The fourth-order valence-electron chi connectivity index (χ4n) is 0.588. The van der Waals surface area contributed by atoms with Gasteiger partial charge in [0.1, 0.15) is 0 Å². The monoisotopic (exact) mass is 142 g/mol. The number of methoxy groups -OCH3 is 1. The van der Waals surface area contributed by atoms with Crippen LogP contribution in [0.4, 0.5) is 0 Å². The van der Waals surface area contributed by atoms with E-state index in [4.69, 9.17) is 4.74 Å². The largest absolute Gasteiger partial charge is 0.466 e. The van der Waals surface area contributed by atoms with Crippen molar-refractivity contribution in [2.75, 3.05) is 13.7 Å². The highest BCUT2D eigenvalue weighted by molar-refractivity contribution is 5.81. The molecule has 0 saturated carbocycles. The van der Waals surface area contributed by atoms with Gasteiger partial charge < -0.3 is 9.47 Å². The number of esters is 1. The van der Waals surface area contributed by atoms with Crippen LogP contribution in [-0.2, 0) is 14.3 Å². The minimum absolute atomic E-state index is 0.305. The molecule has 1 unspecified atom stereocenters. The van der Waals surface area contributed by atoms with Gasteiger partial charge in [0.25, 0.3) is 0 Å². The van der Waals surface area contributed by atoms with Crippen molar-refractivity contribution in [3.05, 3.63) is 12.2 Å². The lowest BCUT2D eigenvalue weighted by molar-refractivity contribution is -0.134. The predicted octanol–water partition coefficient (Wildman–Crippen LogP) is 0.504. The summed E-state index contributed by atoms with van der Waals surface area (Å²) in [6.45, 7) is 0.825. The summed E-state index contributed by atoms with van der Waals surface area (Å²) < 4.78 is 9.31. The van der Waals surface area contributed by atoms with E-state index in [2.05, 4.69) is 4.74 Å². The number of ether oxygens (including phenoxy) is 2. The van der Waals surface area contributed by atoms with Gasteiger partial charge in [0.05, 0.1) is 19.8 Å². The molecule has 1 aliphatic heterocycles. The molecule has 3 heteroatoms. The Morgan fingerprint density at radius 2 is 2.60 bits per heavy atom. The molecule has 1 rings (SSSR count). The molecular weight excluding hydrogens is 132 g/mol. The van der Waals surface area contributed by atoms with Gasteiger partial charge in [-0.15, -0.1) is 0 Å². The molecule has 3 nitrogen and oxygen atoms in total. The molecule has 0 bridgehead atoms. The fourth-order valence-corrected chi connectivity index (χ4v) is 0.588. The van der Waals surface area contributed by atoms with Crippen LogP contribution in [-0.4, -0.2) is 25.8 Å². The normalized spacial score (nSPS) is 23.1. The lowest BCUT2D eigenvalue weighted by atomic mass is 10.3. The summed E-state index contributed by atoms with van der Waals surface area (Å²) in [7, 11) is 1.36. The van der Waals surface area contributed by atoms with Gasteiger partial charge in [0.15, 0.2) is 0 Å². The van der Waals surface area contributed by atoms with Crippen molar-refractivity contribution < 1.29 is 14.3 Å². The van der Waals surface area contributed by atoms with Crippen LogP contribution in [0.5, 0.6) is 0 Å². The van der Waals surface area contributed by atoms with E-state index < -0.39 is 0 Å². The minimum Gasteiger partial charge on any atom is -0.466 e. The summed E-state index contributed by atoms with van der Waals surface area (Å²) in [5.74, 6) is -0.305. The van der Waals surface area contributed by atoms with Gasteiger partial charge >= 0.3 is 5.97 Å². The van der Waals surface area contributed by atoms with E-state index in [1.54, 1.807) is 6.08 Å². The number of carbonyl (C=O) groups excluding carboxylic acids is 1. The van der Waals surface area contributed by atoms with Gasteiger partial charge in [-0.2, -0.15) is 0 Å². The lowest BCUT2D eigenvalue weighted by Crippen LogP contribution is -1.93. The summed E-state index contributed by atoms with van der Waals surface area (Å²) in [6, 6.07) is 0. The summed E-state index contributed by atoms with van der Waals surface area (Å²) in [4.78, 5) is 10.5. The first-order valence-corrected chi connectivity index (χ1v) is 3.19. The Hall–Kier alpha value is -0.830. The van der Waals surface area contributed by atoms with Crippen LogP contribution < -0.4 is 0 Å². The third-order valence-corrected chi connectivity index (χ3v) is 1.26. The topological polar surface area (TPSA) is 38.8 Å². The molecule has 56 valence electrons. The van der Waals surface area contributed by atoms with E-state index in [-0.39, 0.29) is 5.97 Å². The average molecular weight is 142 g/mol. The van der Waals surface area contributed by atoms with Crippen molar-refractivity contribution >= 4 is 5.97 Å². The summed E-state index contributed by atoms with van der Waals surface area (Å²) in [5.41, 5.74) is 0. The van der Waals surface area contributed by atoms with Gasteiger partial charge in [-0.3, -0.25) is 0 Å². The predicted molar refractivity (Wildman–Crippen MR) is 35.5 cm³/mol. The number of rotatable bonds is 3. The standard InChI is InChI=1S/C7H10O3/c1-9-7(8)4-2-3-6-5-10-6/h2,4,6H,3,5H2,1H3. The van der Waals surface area contributed by atoms with Gasteiger partial charge in [-0.1, -0.05) is 6.08 Å². The molecule has 1 fully saturated rings. The van der Waals surface area contributed by atoms with E-state index in [0.717, 1.165) is 13.0 Å². The van der Waals surface area contributed by atoms with Crippen molar-refractivity contribution in [2.24, 2.45) is 0 Å². The zero-order chi connectivity index (χ0) is 7.40. The van der Waals surface area contributed by atoms with Gasteiger partial charge in [-0.05, 0) is 6.42 Å². The SMILES string of the molecule is COC(=O)C=CCC1CO1. The van der Waals surface area contributed by atoms with Crippen LogP contribution in [0.1, 0.15) is 6.42 Å². The maximum Gasteiger partial charge on any atom is 0.330 e. The average Bonchev–Trinajstić information content (AvgIpc) is 2.71. The number of hydrogen-bond donors (Lipinski definition) is 0. The molecule has 10 heavy (non-hydrogen) atoms. The van der Waals surface area contributed by atoms with E-state index in [0.29, 0.717) is 6.10 Å². The third kappa shape index (κ3) is 2.64. The molecule has 1 atom stereocenters. The molecule has 0 aromatic carbocycles. The molecule has 0 aromatic rings. The van der Waals surface area contributed by atoms with Gasteiger partial charge in [-0.25, -0.2) is 4.79 Å². The first-order valence-electron chi connectivity index (χ1n) is 3.19. The quantitative estimate of drug-likeness (QED) is 0.327. The van der Waals surface area contributed by atoms with Crippen molar-refractivity contribution in [3.63, 3.8) is 0 Å². The molecule has 0 aromatic heterocycles. The van der Waals surface area contributed by atoms with Crippen LogP contribution in [0, 0.1) is 0 Å². The summed E-state index contributed by atoms with van der Waals surface area (Å²) >= 11 is 0. The molecule has 0 aliphatic carbocycles. The smallest absolute Gasteiger partial charge is 0.330 e. The van der Waals surface area contributed by atoms with Crippen LogP contribution >= 0.6 is 0 Å². The van der Waals surface area contributed by atoms with Crippen LogP contribution in [0.3, 0.4) is 0 Å². The second-order valence-corrected chi connectivity index (χ2v) is 2.12. The first-order chi connectivity index (χ1) is 4.83. The highest BCUT2D eigenvalue weighted by Gasteiger charge is 2.19. The molecular formula is C7H10O3. The first kappa shape index (κ1) is 7.28. The zero-order valence-corrected chi connectivity index (χ0v) is 5.87. The second-order valence-electron chi connectivity index (χ2n) is 2.12. The van der Waals surface area contributed by atoms with Crippen molar-refractivity contribution in [2.45, 2.75) is 12.5 Å². The highest BCUT2D eigenvalue weighted by atomic mass is 16.6. The van der Waals surface area contributed by atoms with E-state index in [9.17, 15) is 4.79 Å². The Labute approximate surface area is 59.6 Å². The van der Waals surface area contributed by atoms with Gasteiger partial charge in [0.2, 0.25) is 0 Å². The Balaban J connectivity index is 2.08. The molecule has 0 N–H and O–H groups in total. The molecule has 1 saturated heterocycles. The Kier molecular flexibility index (Phi) is 2.45. The number of epoxide rings is 1. The maximum absolute atomic E-state index is 10.5. The summed E-state index contributed by atoms with van der Waals surface area (Å²) in [5, 5.41) is 0. The summed E-state index contributed by atoms with van der Waals surface area (Å²) in [6.07, 6.45) is 4.35. The van der Waals surface area contributed by atoms with Crippen molar-refractivity contribution in [1.29, 1.82) is 0 Å². The third-order valence-electron chi connectivity index (χ3n) is 1.26. The zero-order valence-electron chi connectivity index (χ0n) is 5.87. The number of hydrogen-bond acceptors (Lipinski definition) is 3. The Morgan fingerprint density at radius 1 is 1.90 bits per heavy atom. The molecule has 0 radical (unpaired) electrons. The van der Waals surface area contributed by atoms with E-state index in [1.807, 2.05) is 0 Å².